The molecular weight excluding hydrogens is 757 g/mol. The average Bonchev–Trinajstić information content (AvgIpc) is 3.19. The zero-order valence-electron chi connectivity index (χ0n) is 34.1. The molecule has 318 valence electrons. The van der Waals surface area contributed by atoms with Crippen LogP contribution in [0.2, 0.25) is 0 Å². The van der Waals surface area contributed by atoms with Crippen LogP contribution < -0.4 is 38.5 Å². The number of carbonyl (C=O) groups excluding carboxylic acids is 6. The highest BCUT2D eigenvalue weighted by Crippen LogP contribution is 2.21. The summed E-state index contributed by atoms with van der Waals surface area (Å²) >= 11 is 0. The van der Waals surface area contributed by atoms with E-state index in [2.05, 4.69) is 26.3 Å². The number of nitrogens with two attached hydrogens (primary N) is 3. The highest BCUT2D eigenvalue weighted by atomic mass is 16.3. The molecule has 0 radical (unpaired) electrons. The van der Waals surface area contributed by atoms with Gasteiger partial charge in [-0.25, -0.2) is 4.79 Å². The highest BCUT2D eigenvalue weighted by molar-refractivity contribution is 5.98. The Labute approximate surface area is 344 Å². The number of aromatic hydroxyl groups is 1. The van der Waals surface area contributed by atoms with Crippen molar-refractivity contribution in [3.05, 3.63) is 77.9 Å². The third-order valence-electron chi connectivity index (χ3n) is 10.3. The van der Waals surface area contributed by atoms with Crippen LogP contribution in [0.4, 0.5) is 4.79 Å². The number of benzene rings is 3. The van der Waals surface area contributed by atoms with E-state index >= 15 is 0 Å². The number of amides is 7. The van der Waals surface area contributed by atoms with Gasteiger partial charge in [-0.05, 0) is 72.1 Å². The standard InChI is InChI=1S/C42H58N10O7/c1-25(2)21-35-38(56)49-32(23-26-14-17-30(53)18-15-26)36(54)48-31(11-7-19-46-41(43)44)39(57)51(3)34(12-8-20-47-42(45)59)37(55)50-33(40(58)52(35)4)24-27-13-16-28-9-5-6-10-29(28)22-27/h5-6,9-10,13-18,22,25,31-35,53H,7-8,11-12,19-21,23-24H2,1-4H3,(H,48,54)(H,49,56)(H,50,55)(H4,43,44,46)(H3,45,47,59)/t31-,32+,33-,34-,35-/m0/s1. The number of hydrogen-bond donors (Lipinski definition) is 8. The molecule has 17 nitrogen and oxygen atoms in total. The van der Waals surface area contributed by atoms with Gasteiger partial charge in [-0.3, -0.25) is 29.0 Å². The Kier molecular flexibility index (Phi) is 16.4. The third kappa shape index (κ3) is 13.3. The van der Waals surface area contributed by atoms with Crippen molar-refractivity contribution in [3.8, 4) is 5.75 Å². The number of hydrogen-bond acceptors (Lipinski definition) is 8. The molecular formula is C42H58N10O7. The van der Waals surface area contributed by atoms with Gasteiger partial charge < -0.3 is 53.4 Å². The first-order valence-electron chi connectivity index (χ1n) is 19.8. The van der Waals surface area contributed by atoms with E-state index in [1.54, 1.807) is 12.1 Å². The predicted molar refractivity (Wildman–Crippen MR) is 225 cm³/mol. The van der Waals surface area contributed by atoms with Crippen LogP contribution in [0.3, 0.4) is 0 Å². The Morgan fingerprint density at radius 3 is 1.97 bits per heavy atom. The van der Waals surface area contributed by atoms with Gasteiger partial charge in [-0.1, -0.05) is 68.4 Å². The first kappa shape index (κ1) is 45.3. The maximum atomic E-state index is 14.7. The van der Waals surface area contributed by atoms with Gasteiger partial charge in [0, 0.05) is 40.0 Å². The number of urea groups is 1. The largest absolute Gasteiger partial charge is 0.508 e. The van der Waals surface area contributed by atoms with Crippen LogP contribution in [0.5, 0.6) is 5.75 Å². The third-order valence-corrected chi connectivity index (χ3v) is 10.3. The molecule has 0 aromatic heterocycles. The molecule has 1 aliphatic rings. The zero-order valence-corrected chi connectivity index (χ0v) is 34.1. The molecule has 1 fully saturated rings. The van der Waals surface area contributed by atoms with Gasteiger partial charge in [-0.2, -0.15) is 0 Å². The number of nitrogens with zero attached hydrogens (tertiary/aromatic N) is 3. The molecule has 0 unspecified atom stereocenters. The van der Waals surface area contributed by atoms with E-state index in [4.69, 9.17) is 17.2 Å². The first-order chi connectivity index (χ1) is 28.0. The van der Waals surface area contributed by atoms with E-state index in [0.717, 1.165) is 16.3 Å². The van der Waals surface area contributed by atoms with Crippen LogP contribution in [0, 0.1) is 5.92 Å². The fourth-order valence-electron chi connectivity index (χ4n) is 7.14. The molecule has 3 aromatic rings. The first-order valence-corrected chi connectivity index (χ1v) is 19.8. The molecule has 59 heavy (non-hydrogen) atoms. The normalized spacial score (nSPS) is 21.0. The van der Waals surface area contributed by atoms with E-state index in [1.807, 2.05) is 56.3 Å². The van der Waals surface area contributed by atoms with Crippen LogP contribution in [0.1, 0.15) is 57.1 Å². The SMILES string of the molecule is CC(C)C[C@H]1C(=O)N[C@H](Cc2ccc(O)cc2)C(=O)N[C@@H](CCCN=C(N)N)C(=O)N(C)[C@@H](CCCNC(N)=O)C(=O)N[C@@H](Cc2ccc3ccccc3c2)C(=O)N1C. The Morgan fingerprint density at radius 2 is 1.31 bits per heavy atom. The van der Waals surface area contributed by atoms with Gasteiger partial charge in [-0.15, -0.1) is 0 Å². The van der Waals surface area contributed by atoms with Crippen LogP contribution in [-0.4, -0.2) is 114 Å². The van der Waals surface area contributed by atoms with Crippen LogP contribution >= 0.6 is 0 Å². The molecule has 1 saturated heterocycles. The molecule has 4 rings (SSSR count). The molecule has 17 heteroatoms. The van der Waals surface area contributed by atoms with Crippen LogP contribution in [-0.2, 0) is 36.8 Å². The quantitative estimate of drug-likeness (QED) is 0.0655. The monoisotopic (exact) mass is 814 g/mol. The van der Waals surface area contributed by atoms with Gasteiger partial charge >= 0.3 is 6.03 Å². The number of nitrogens with one attached hydrogen (secondary N) is 4. The Balaban J connectivity index is 1.83. The summed E-state index contributed by atoms with van der Waals surface area (Å²) < 4.78 is 0. The maximum absolute atomic E-state index is 14.7. The van der Waals surface area contributed by atoms with E-state index in [9.17, 15) is 33.9 Å². The summed E-state index contributed by atoms with van der Waals surface area (Å²) in [5.74, 6) is -3.32. The number of fused-ring (bicyclic) bond motifs is 1. The molecule has 0 aliphatic carbocycles. The summed E-state index contributed by atoms with van der Waals surface area (Å²) in [6.45, 7) is 4.06. The van der Waals surface area contributed by atoms with Gasteiger partial charge in [0.05, 0.1) is 0 Å². The van der Waals surface area contributed by atoms with Crippen LogP contribution in [0.25, 0.3) is 10.8 Å². The van der Waals surface area contributed by atoms with E-state index in [1.165, 1.54) is 36.0 Å². The zero-order chi connectivity index (χ0) is 43.2. The highest BCUT2D eigenvalue weighted by Gasteiger charge is 2.39. The fourth-order valence-corrected chi connectivity index (χ4v) is 7.14. The number of aliphatic imine (C=N–C) groups is 1. The lowest BCUT2D eigenvalue weighted by molar-refractivity contribution is -0.144. The van der Waals surface area contributed by atoms with Crippen molar-refractivity contribution in [2.24, 2.45) is 28.1 Å². The lowest BCUT2D eigenvalue weighted by atomic mass is 9.97. The smallest absolute Gasteiger partial charge is 0.312 e. The van der Waals surface area contributed by atoms with E-state index < -0.39 is 65.8 Å². The van der Waals surface area contributed by atoms with Crippen molar-refractivity contribution in [2.75, 3.05) is 27.2 Å². The minimum absolute atomic E-state index is 0.0114. The van der Waals surface area contributed by atoms with Gasteiger partial charge in [0.2, 0.25) is 29.5 Å². The second kappa shape index (κ2) is 21.4. The molecule has 0 saturated carbocycles. The van der Waals surface area contributed by atoms with Gasteiger partial charge in [0.25, 0.3) is 0 Å². The second-order valence-electron chi connectivity index (χ2n) is 15.4. The Morgan fingerprint density at radius 1 is 0.729 bits per heavy atom. The van der Waals surface area contributed by atoms with Crippen molar-refractivity contribution in [1.82, 2.24) is 31.1 Å². The summed E-state index contributed by atoms with van der Waals surface area (Å²) in [5, 5.41) is 22.9. The lowest BCUT2D eigenvalue weighted by Crippen LogP contribution is -2.59. The van der Waals surface area contributed by atoms with Crippen molar-refractivity contribution in [1.29, 1.82) is 0 Å². The molecule has 7 amide bonds. The molecule has 0 bridgehead atoms. The molecule has 11 N–H and O–H groups in total. The Bertz CT molecular complexity index is 1990. The molecule has 0 spiro atoms. The summed E-state index contributed by atoms with van der Waals surface area (Å²) in [6.07, 6.45) is 0.866. The number of phenols is 1. The minimum Gasteiger partial charge on any atom is -0.508 e. The number of phenolic OH excluding ortho intramolecular Hbond substituents is 1. The lowest BCUT2D eigenvalue weighted by Gasteiger charge is -2.34. The number of guanidine groups is 1. The number of primary amides is 1. The second-order valence-corrected chi connectivity index (χ2v) is 15.4. The Hall–Kier alpha value is -6.39. The van der Waals surface area contributed by atoms with Crippen molar-refractivity contribution in [3.63, 3.8) is 0 Å². The van der Waals surface area contributed by atoms with E-state index in [0.29, 0.717) is 5.56 Å². The van der Waals surface area contributed by atoms with Crippen molar-refractivity contribution < 1.29 is 33.9 Å². The molecule has 5 atom stereocenters. The summed E-state index contributed by atoms with van der Waals surface area (Å²) in [5.41, 5.74) is 17.7. The van der Waals surface area contributed by atoms with Gasteiger partial charge in [0.15, 0.2) is 5.96 Å². The number of rotatable bonds is 14. The maximum Gasteiger partial charge on any atom is 0.312 e. The molecule has 1 heterocycles. The van der Waals surface area contributed by atoms with E-state index in [-0.39, 0.29) is 75.7 Å². The summed E-state index contributed by atoms with van der Waals surface area (Å²) in [6, 6.07) is 13.0. The minimum atomic E-state index is -1.22. The average molecular weight is 815 g/mol. The fraction of sp³-hybridized carbons (Fsp3) is 0.452. The van der Waals surface area contributed by atoms with Crippen molar-refractivity contribution in [2.45, 2.75) is 89.0 Å². The summed E-state index contributed by atoms with van der Waals surface area (Å²) in [4.78, 5) is 90.3. The number of carbonyl (C=O) groups is 6. The summed E-state index contributed by atoms with van der Waals surface area (Å²) in [7, 11) is 2.93. The topological polar surface area (TPSA) is 268 Å². The van der Waals surface area contributed by atoms with Gasteiger partial charge in [0.1, 0.15) is 36.0 Å². The van der Waals surface area contributed by atoms with Crippen molar-refractivity contribution >= 4 is 52.3 Å². The molecule has 3 aromatic carbocycles. The molecule has 1 aliphatic heterocycles. The van der Waals surface area contributed by atoms with Crippen LogP contribution in [0.15, 0.2) is 71.7 Å². The predicted octanol–water partition coefficient (Wildman–Crippen LogP) is 1.00. The number of likely N-dealkylation sites (N-methyl/N-ethyl adjacent to an activating group) is 2.